The maximum atomic E-state index is 9.68. The van der Waals surface area contributed by atoms with E-state index in [-0.39, 0.29) is 6.10 Å². The molecule has 3 rings (SSSR count). The molecule has 1 atom stereocenters. The largest absolute Gasteiger partial charge is 0.439 e. The summed E-state index contributed by atoms with van der Waals surface area (Å²) in [5.74, 6) is 1.47. The van der Waals surface area contributed by atoms with Gasteiger partial charge >= 0.3 is 0 Å². The van der Waals surface area contributed by atoms with Gasteiger partial charge in [0.15, 0.2) is 5.76 Å². The van der Waals surface area contributed by atoms with Crippen molar-refractivity contribution < 1.29 is 9.52 Å². The molecule has 0 amide bonds. The molecule has 1 fully saturated rings. The molecule has 1 N–H and O–H groups in total. The van der Waals surface area contributed by atoms with E-state index in [0.717, 1.165) is 35.2 Å². The third-order valence-electron chi connectivity index (χ3n) is 3.53. The molecule has 0 radical (unpaired) electrons. The minimum Gasteiger partial charge on any atom is -0.439 e. The Kier molecular flexibility index (Phi) is 4.19. The second-order valence-electron chi connectivity index (χ2n) is 5.13. The number of nitrogens with zero attached hydrogens (tertiary/aromatic N) is 2. The van der Waals surface area contributed by atoms with E-state index in [1.165, 1.54) is 0 Å². The Labute approximate surface area is 126 Å². The van der Waals surface area contributed by atoms with E-state index in [4.69, 9.17) is 4.42 Å². The molecule has 1 aromatic carbocycles. The highest BCUT2D eigenvalue weighted by Crippen LogP contribution is 2.28. The molecular weight excluding hydrogens is 320 g/mol. The van der Waals surface area contributed by atoms with Crippen LogP contribution >= 0.6 is 15.9 Å². The van der Waals surface area contributed by atoms with Gasteiger partial charge in [-0.05, 0) is 25.5 Å². The Morgan fingerprint density at radius 2 is 2.25 bits per heavy atom. The lowest BCUT2D eigenvalue weighted by atomic mass is 10.1. The summed E-state index contributed by atoms with van der Waals surface area (Å²) < 4.78 is 6.82. The van der Waals surface area contributed by atoms with Gasteiger partial charge in [0.05, 0.1) is 18.8 Å². The van der Waals surface area contributed by atoms with Crippen molar-refractivity contribution >= 4 is 15.9 Å². The monoisotopic (exact) mass is 336 g/mol. The van der Waals surface area contributed by atoms with Gasteiger partial charge in [-0.15, -0.1) is 0 Å². The molecule has 0 unspecified atom stereocenters. The lowest BCUT2D eigenvalue weighted by Gasteiger charge is -2.28. The topological polar surface area (TPSA) is 49.5 Å². The van der Waals surface area contributed by atoms with E-state index in [1.807, 2.05) is 24.3 Å². The zero-order chi connectivity index (χ0) is 13.9. The van der Waals surface area contributed by atoms with Crippen LogP contribution in [0.2, 0.25) is 0 Å². The summed E-state index contributed by atoms with van der Waals surface area (Å²) in [4.78, 5) is 6.53. The molecule has 1 aliphatic heterocycles. The van der Waals surface area contributed by atoms with Crippen LogP contribution in [0.15, 0.2) is 39.4 Å². The minimum atomic E-state index is -0.221. The first-order valence-corrected chi connectivity index (χ1v) is 7.61. The number of oxazole rings is 1. The van der Waals surface area contributed by atoms with Gasteiger partial charge in [0.1, 0.15) is 0 Å². The van der Waals surface area contributed by atoms with E-state index < -0.39 is 0 Å². The van der Waals surface area contributed by atoms with Crippen molar-refractivity contribution in [3.63, 3.8) is 0 Å². The number of aliphatic hydroxyl groups is 1. The second-order valence-corrected chi connectivity index (χ2v) is 5.98. The fourth-order valence-corrected chi connectivity index (χ4v) is 3.02. The fraction of sp³-hybridized carbons (Fsp3) is 0.400. The minimum absolute atomic E-state index is 0.221. The van der Waals surface area contributed by atoms with Crippen LogP contribution in [0.5, 0.6) is 0 Å². The van der Waals surface area contributed by atoms with Gasteiger partial charge in [0, 0.05) is 16.6 Å². The zero-order valence-electron chi connectivity index (χ0n) is 11.1. The summed E-state index contributed by atoms with van der Waals surface area (Å²) >= 11 is 3.52. The van der Waals surface area contributed by atoms with Crippen molar-refractivity contribution in [2.45, 2.75) is 25.5 Å². The van der Waals surface area contributed by atoms with Crippen LogP contribution in [0, 0.1) is 0 Å². The molecule has 106 valence electrons. The highest BCUT2D eigenvalue weighted by atomic mass is 79.9. The van der Waals surface area contributed by atoms with Crippen LogP contribution in [-0.2, 0) is 6.54 Å². The first kappa shape index (κ1) is 13.8. The summed E-state index contributed by atoms with van der Waals surface area (Å²) in [7, 11) is 0. The Hall–Kier alpha value is -1.17. The van der Waals surface area contributed by atoms with Gasteiger partial charge in [-0.25, -0.2) is 4.98 Å². The predicted octanol–water partition coefficient (Wildman–Crippen LogP) is 3.06. The van der Waals surface area contributed by atoms with Gasteiger partial charge in [0.2, 0.25) is 5.89 Å². The van der Waals surface area contributed by atoms with E-state index >= 15 is 0 Å². The number of rotatable bonds is 3. The first-order chi connectivity index (χ1) is 9.72. The van der Waals surface area contributed by atoms with Crippen molar-refractivity contribution in [1.82, 2.24) is 9.88 Å². The highest BCUT2D eigenvalue weighted by Gasteiger charge is 2.19. The number of aliphatic hydroxyl groups excluding tert-OH is 1. The van der Waals surface area contributed by atoms with Crippen LogP contribution in [-0.4, -0.2) is 34.2 Å². The van der Waals surface area contributed by atoms with Crippen LogP contribution < -0.4 is 0 Å². The van der Waals surface area contributed by atoms with Crippen molar-refractivity contribution in [2.75, 3.05) is 13.1 Å². The van der Waals surface area contributed by atoms with Crippen LogP contribution in [0.25, 0.3) is 11.3 Å². The molecule has 1 aromatic heterocycles. The van der Waals surface area contributed by atoms with Crippen molar-refractivity contribution in [3.8, 4) is 11.3 Å². The molecule has 0 bridgehead atoms. The Morgan fingerprint density at radius 1 is 1.40 bits per heavy atom. The average molecular weight is 337 g/mol. The molecule has 2 aromatic rings. The van der Waals surface area contributed by atoms with E-state index in [1.54, 1.807) is 6.20 Å². The molecular formula is C15H17BrN2O2. The van der Waals surface area contributed by atoms with Crippen molar-refractivity contribution in [2.24, 2.45) is 0 Å². The third-order valence-corrected chi connectivity index (χ3v) is 4.22. The molecule has 0 saturated carbocycles. The number of hydrogen-bond acceptors (Lipinski definition) is 4. The second kappa shape index (κ2) is 6.08. The molecule has 0 spiro atoms. The summed E-state index contributed by atoms with van der Waals surface area (Å²) in [5, 5.41) is 9.68. The SMILES string of the molecule is O[C@H]1CCCN(Cc2ncc(-c3ccccc3Br)o2)C1. The number of hydrogen-bond donors (Lipinski definition) is 1. The maximum Gasteiger partial charge on any atom is 0.209 e. The number of piperidine rings is 1. The molecule has 1 saturated heterocycles. The van der Waals surface area contributed by atoms with Crippen molar-refractivity contribution in [3.05, 3.63) is 40.8 Å². The quantitative estimate of drug-likeness (QED) is 0.935. The smallest absolute Gasteiger partial charge is 0.209 e. The highest BCUT2D eigenvalue weighted by molar-refractivity contribution is 9.10. The number of β-amino-alcohol motifs (C(OH)–C–C–N with tert-alkyl or cyclic N) is 1. The zero-order valence-corrected chi connectivity index (χ0v) is 12.7. The maximum absolute atomic E-state index is 9.68. The third kappa shape index (κ3) is 3.11. The normalized spacial score (nSPS) is 20.2. The van der Waals surface area contributed by atoms with Gasteiger partial charge in [-0.2, -0.15) is 0 Å². The fourth-order valence-electron chi connectivity index (χ4n) is 2.53. The standard InChI is InChI=1S/C15H17BrN2O2/c16-13-6-2-1-5-12(13)14-8-17-15(20-14)10-18-7-3-4-11(19)9-18/h1-2,5-6,8,11,19H,3-4,7,9-10H2/t11-/m0/s1. The van der Waals surface area contributed by atoms with E-state index in [0.29, 0.717) is 19.0 Å². The molecule has 5 heteroatoms. The summed E-state index contributed by atoms with van der Waals surface area (Å²) in [6, 6.07) is 7.93. The molecule has 0 aliphatic carbocycles. The Bertz CT molecular complexity index is 585. The van der Waals surface area contributed by atoms with E-state index in [9.17, 15) is 5.11 Å². The summed E-state index contributed by atoms with van der Waals surface area (Å²) in [6.07, 6.45) is 3.46. The van der Waals surface area contributed by atoms with Crippen LogP contribution in [0.3, 0.4) is 0 Å². The van der Waals surface area contributed by atoms with E-state index in [2.05, 4.69) is 25.8 Å². The molecule has 1 aliphatic rings. The van der Waals surface area contributed by atoms with Gasteiger partial charge in [0.25, 0.3) is 0 Å². The Morgan fingerprint density at radius 3 is 3.05 bits per heavy atom. The summed E-state index contributed by atoms with van der Waals surface area (Å²) in [5.41, 5.74) is 1.00. The van der Waals surface area contributed by atoms with Gasteiger partial charge in [-0.3, -0.25) is 4.90 Å². The lowest BCUT2D eigenvalue weighted by molar-refractivity contribution is 0.0625. The van der Waals surface area contributed by atoms with Crippen LogP contribution in [0.1, 0.15) is 18.7 Å². The van der Waals surface area contributed by atoms with Gasteiger partial charge < -0.3 is 9.52 Å². The molecule has 4 nitrogen and oxygen atoms in total. The molecule has 20 heavy (non-hydrogen) atoms. The molecule has 2 heterocycles. The Balaban J connectivity index is 1.72. The van der Waals surface area contributed by atoms with Crippen molar-refractivity contribution in [1.29, 1.82) is 0 Å². The first-order valence-electron chi connectivity index (χ1n) is 6.82. The summed E-state index contributed by atoms with van der Waals surface area (Å²) in [6.45, 7) is 2.35. The lowest BCUT2D eigenvalue weighted by Crippen LogP contribution is -2.37. The van der Waals surface area contributed by atoms with Crippen LogP contribution in [0.4, 0.5) is 0 Å². The number of benzene rings is 1. The predicted molar refractivity (Wildman–Crippen MR) is 80.2 cm³/mol. The number of likely N-dealkylation sites (tertiary alicyclic amines) is 1. The number of halogens is 1. The average Bonchev–Trinajstić information content (AvgIpc) is 2.87. The van der Waals surface area contributed by atoms with Gasteiger partial charge in [-0.1, -0.05) is 34.1 Å². The number of aromatic nitrogens is 1.